The smallest absolute Gasteiger partial charge is 0.244 e. The topological polar surface area (TPSA) is 102 Å². The van der Waals surface area contributed by atoms with E-state index in [0.717, 1.165) is 0 Å². The van der Waals surface area contributed by atoms with E-state index in [9.17, 15) is 8.42 Å². The Morgan fingerprint density at radius 1 is 1.30 bits per heavy atom. The van der Waals surface area contributed by atoms with Crippen LogP contribution in [0.25, 0.3) is 0 Å². The summed E-state index contributed by atoms with van der Waals surface area (Å²) in [6, 6.07) is 2.64. The minimum atomic E-state index is -3.80. The highest BCUT2D eigenvalue weighted by Gasteiger charge is 2.21. The zero-order valence-electron chi connectivity index (χ0n) is 10.6. The number of ether oxygens (including phenoxy) is 1. The third-order valence-electron chi connectivity index (χ3n) is 2.30. The van der Waals surface area contributed by atoms with Gasteiger partial charge in [-0.05, 0) is 18.6 Å². The lowest BCUT2D eigenvalue weighted by atomic mass is 10.3. The Morgan fingerprint density at radius 2 is 2.00 bits per heavy atom. The molecule has 9 heteroatoms. The lowest BCUT2D eigenvalue weighted by molar-refractivity contribution is 0.0913. The highest BCUT2D eigenvalue weighted by Crippen LogP contribution is 2.30. The summed E-state index contributed by atoms with van der Waals surface area (Å²) in [4.78, 5) is -0.181. The van der Waals surface area contributed by atoms with Gasteiger partial charge in [-0.2, -0.15) is 0 Å². The molecule has 0 aliphatic carbocycles. The first-order valence-electron chi connectivity index (χ1n) is 5.81. The van der Waals surface area contributed by atoms with Crippen LogP contribution in [-0.4, -0.2) is 39.9 Å². The van der Waals surface area contributed by atoms with Gasteiger partial charge in [0.25, 0.3) is 0 Å². The second-order valence-corrected chi connectivity index (χ2v) is 6.44. The van der Waals surface area contributed by atoms with Crippen molar-refractivity contribution in [1.82, 2.24) is 4.72 Å². The number of aliphatic hydroxyl groups is 1. The van der Waals surface area contributed by atoms with Crippen molar-refractivity contribution in [3.63, 3.8) is 0 Å². The lowest BCUT2D eigenvalue weighted by Gasteiger charge is -2.11. The molecule has 0 aromatic heterocycles. The number of benzene rings is 1. The Balaban J connectivity index is 2.66. The fourth-order valence-corrected chi connectivity index (χ4v) is 3.54. The van der Waals surface area contributed by atoms with Crippen molar-refractivity contribution in [1.29, 1.82) is 0 Å². The van der Waals surface area contributed by atoms with E-state index < -0.39 is 10.0 Å². The van der Waals surface area contributed by atoms with Gasteiger partial charge in [0, 0.05) is 18.2 Å². The predicted octanol–water partition coefficient (Wildman–Crippen LogP) is 1.25. The summed E-state index contributed by atoms with van der Waals surface area (Å²) < 4.78 is 31.5. The number of aliphatic hydroxyl groups excluding tert-OH is 1. The molecule has 0 heterocycles. The number of sulfonamides is 1. The van der Waals surface area contributed by atoms with Gasteiger partial charge in [0.2, 0.25) is 10.0 Å². The summed E-state index contributed by atoms with van der Waals surface area (Å²) in [6.45, 7) is 0.671. The van der Waals surface area contributed by atoms with Crippen LogP contribution < -0.4 is 10.5 Å². The molecular formula is C11H16Cl2N2O4S. The van der Waals surface area contributed by atoms with Crippen LogP contribution >= 0.6 is 23.2 Å². The van der Waals surface area contributed by atoms with E-state index >= 15 is 0 Å². The molecule has 0 radical (unpaired) electrons. The first-order valence-corrected chi connectivity index (χ1v) is 8.05. The fraction of sp³-hybridized carbons (Fsp3) is 0.455. The Bertz CT molecular complexity index is 528. The average Bonchev–Trinajstić information content (AvgIpc) is 2.31. The van der Waals surface area contributed by atoms with Crippen LogP contribution in [0, 0.1) is 0 Å². The molecule has 0 saturated heterocycles. The second kappa shape index (κ2) is 8.02. The highest BCUT2D eigenvalue weighted by atomic mass is 35.5. The van der Waals surface area contributed by atoms with Gasteiger partial charge in [-0.3, -0.25) is 0 Å². The van der Waals surface area contributed by atoms with E-state index in [0.29, 0.717) is 13.0 Å². The largest absolute Gasteiger partial charge is 0.398 e. The summed E-state index contributed by atoms with van der Waals surface area (Å²) in [5, 5.41) is 8.75. The lowest BCUT2D eigenvalue weighted by Crippen LogP contribution is -2.26. The Kier molecular flexibility index (Phi) is 7.01. The standard InChI is InChI=1S/C11H16Cl2N2O4S/c12-8-6-9(13)11(10(14)7-8)20(17,18)15-2-1-4-19-5-3-16/h6-7,15-16H,1-5,14H2. The van der Waals surface area contributed by atoms with Crippen molar-refractivity contribution in [2.45, 2.75) is 11.3 Å². The summed E-state index contributed by atoms with van der Waals surface area (Å²) in [7, 11) is -3.80. The van der Waals surface area contributed by atoms with Crippen LogP contribution in [0.5, 0.6) is 0 Å². The van der Waals surface area contributed by atoms with Gasteiger partial charge in [0.1, 0.15) is 4.90 Å². The minimum absolute atomic E-state index is 0.00784. The van der Waals surface area contributed by atoms with Gasteiger partial charge in [0.15, 0.2) is 0 Å². The number of rotatable bonds is 8. The monoisotopic (exact) mass is 342 g/mol. The Hall–Kier alpha value is -0.570. The van der Waals surface area contributed by atoms with Gasteiger partial charge >= 0.3 is 0 Å². The summed E-state index contributed by atoms with van der Waals surface area (Å²) >= 11 is 11.6. The Labute approximate surface area is 127 Å². The van der Waals surface area contributed by atoms with Gasteiger partial charge in [-0.1, -0.05) is 23.2 Å². The minimum Gasteiger partial charge on any atom is -0.398 e. The summed E-state index contributed by atoms with van der Waals surface area (Å²) in [5.74, 6) is 0. The maximum absolute atomic E-state index is 12.1. The van der Waals surface area contributed by atoms with Crippen LogP contribution in [0.3, 0.4) is 0 Å². The third kappa shape index (κ3) is 5.08. The van der Waals surface area contributed by atoms with Crippen molar-refractivity contribution in [2.24, 2.45) is 0 Å². The average molecular weight is 343 g/mol. The fourth-order valence-electron chi connectivity index (χ4n) is 1.48. The summed E-state index contributed by atoms with van der Waals surface area (Å²) in [5.41, 5.74) is 5.63. The number of nitrogens with one attached hydrogen (secondary N) is 1. The molecule has 0 fully saturated rings. The van der Waals surface area contributed by atoms with Crippen molar-refractivity contribution in [2.75, 3.05) is 32.1 Å². The molecule has 1 aromatic rings. The molecule has 0 amide bonds. The van der Waals surface area contributed by atoms with E-state index in [1.165, 1.54) is 12.1 Å². The van der Waals surface area contributed by atoms with Crippen LogP contribution in [0.4, 0.5) is 5.69 Å². The molecule has 0 bridgehead atoms. The quantitative estimate of drug-likeness (QED) is 0.487. The first kappa shape index (κ1) is 17.5. The molecule has 6 nitrogen and oxygen atoms in total. The van der Waals surface area contributed by atoms with Crippen LogP contribution in [0.1, 0.15) is 6.42 Å². The van der Waals surface area contributed by atoms with Crippen molar-refractivity contribution in [3.05, 3.63) is 22.2 Å². The first-order chi connectivity index (χ1) is 9.38. The molecule has 20 heavy (non-hydrogen) atoms. The molecular weight excluding hydrogens is 327 g/mol. The van der Waals surface area contributed by atoms with Crippen LogP contribution in [-0.2, 0) is 14.8 Å². The summed E-state index contributed by atoms with van der Waals surface area (Å²) in [6.07, 6.45) is 0.463. The zero-order valence-corrected chi connectivity index (χ0v) is 12.9. The SMILES string of the molecule is Nc1cc(Cl)cc(Cl)c1S(=O)(=O)NCCCOCCO. The molecule has 114 valence electrons. The highest BCUT2D eigenvalue weighted by molar-refractivity contribution is 7.89. The zero-order chi connectivity index (χ0) is 15.2. The molecule has 0 aliphatic heterocycles. The molecule has 4 N–H and O–H groups in total. The molecule has 0 spiro atoms. The molecule has 1 aromatic carbocycles. The molecule has 0 saturated carbocycles. The van der Waals surface area contributed by atoms with Crippen molar-refractivity contribution >= 4 is 38.9 Å². The van der Waals surface area contributed by atoms with Crippen molar-refractivity contribution < 1.29 is 18.3 Å². The van der Waals surface area contributed by atoms with E-state index in [2.05, 4.69) is 4.72 Å². The maximum atomic E-state index is 12.1. The van der Waals surface area contributed by atoms with E-state index in [1.54, 1.807) is 0 Å². The Morgan fingerprint density at radius 3 is 2.60 bits per heavy atom. The van der Waals surface area contributed by atoms with Gasteiger partial charge in [-0.25, -0.2) is 13.1 Å². The van der Waals surface area contributed by atoms with Crippen LogP contribution in [0.2, 0.25) is 10.0 Å². The van der Waals surface area contributed by atoms with E-state index in [-0.39, 0.29) is 40.4 Å². The number of anilines is 1. The second-order valence-electron chi connectivity index (χ2n) is 3.89. The van der Waals surface area contributed by atoms with Crippen LogP contribution in [0.15, 0.2) is 17.0 Å². The van der Waals surface area contributed by atoms with Crippen molar-refractivity contribution in [3.8, 4) is 0 Å². The van der Waals surface area contributed by atoms with Gasteiger partial charge < -0.3 is 15.6 Å². The van der Waals surface area contributed by atoms with Gasteiger partial charge in [0.05, 0.1) is 23.9 Å². The molecule has 1 rings (SSSR count). The normalized spacial score (nSPS) is 11.8. The maximum Gasteiger partial charge on any atom is 0.244 e. The number of halogens is 2. The van der Waals surface area contributed by atoms with E-state index in [1.807, 2.05) is 0 Å². The third-order valence-corrected chi connectivity index (χ3v) is 4.50. The molecule has 0 unspecified atom stereocenters. The number of nitrogens with two attached hydrogens (primary N) is 1. The number of hydrogen-bond donors (Lipinski definition) is 3. The predicted molar refractivity (Wildman–Crippen MR) is 78.6 cm³/mol. The molecule has 0 aliphatic rings. The molecule has 0 atom stereocenters. The van der Waals surface area contributed by atoms with E-state index in [4.69, 9.17) is 38.8 Å². The number of nitrogen functional groups attached to an aromatic ring is 1. The number of hydrogen-bond acceptors (Lipinski definition) is 5. The van der Waals surface area contributed by atoms with Gasteiger partial charge in [-0.15, -0.1) is 0 Å².